The van der Waals surface area contributed by atoms with Crippen LogP contribution in [0.3, 0.4) is 0 Å². The molecule has 0 aromatic carbocycles. The maximum Gasteiger partial charge on any atom is 0.226 e. The van der Waals surface area contributed by atoms with E-state index in [1.807, 2.05) is 48.1 Å². The Morgan fingerprint density at radius 1 is 1.30 bits per heavy atom. The fourth-order valence-corrected chi connectivity index (χ4v) is 1.70. The zero-order chi connectivity index (χ0) is 13.5. The highest BCUT2D eigenvalue weighted by molar-refractivity contribution is 5.75. The van der Waals surface area contributed by atoms with Gasteiger partial charge >= 0.3 is 0 Å². The van der Waals surface area contributed by atoms with Crippen LogP contribution < -0.4 is 26.9 Å². The first-order valence-electron chi connectivity index (χ1n) is 6.35. The fraction of sp³-hybridized carbons (Fsp3) is 0.267. The van der Waals surface area contributed by atoms with Crippen LogP contribution in [0.4, 0.5) is 0 Å². The van der Waals surface area contributed by atoms with Crippen molar-refractivity contribution < 1.29 is 26.3 Å². The Morgan fingerprint density at radius 2 is 2.05 bits per heavy atom. The van der Waals surface area contributed by atoms with Crippen LogP contribution in [0.5, 0.6) is 0 Å². The number of carbonyl (C=O) groups excluding carboxylic acids is 1. The van der Waals surface area contributed by atoms with Crippen molar-refractivity contribution in [3.63, 3.8) is 0 Å². The molecule has 2 aromatic heterocycles. The second-order valence-electron chi connectivity index (χ2n) is 4.50. The lowest BCUT2D eigenvalue weighted by molar-refractivity contribution is -0.695. The monoisotopic (exact) mass is 335 g/mol. The Balaban J connectivity index is 0.00000200. The maximum absolute atomic E-state index is 11.7. The molecule has 0 bridgehead atoms. The first kappa shape index (κ1) is 16.3. The quantitative estimate of drug-likeness (QED) is 0.668. The van der Waals surface area contributed by atoms with Gasteiger partial charge in [0, 0.05) is 31.1 Å². The van der Waals surface area contributed by atoms with Crippen LogP contribution in [-0.2, 0) is 17.9 Å². The molecule has 0 saturated heterocycles. The first-order chi connectivity index (χ1) is 9.24. The molecule has 0 aliphatic carbocycles. The molecule has 20 heavy (non-hydrogen) atoms. The van der Waals surface area contributed by atoms with Crippen molar-refractivity contribution in [3.8, 4) is 0 Å². The average Bonchev–Trinajstić information content (AvgIpc) is 2.45. The third-order valence-corrected chi connectivity index (χ3v) is 2.87. The fourth-order valence-electron chi connectivity index (χ4n) is 1.70. The second-order valence-corrected chi connectivity index (χ2v) is 4.50. The van der Waals surface area contributed by atoms with E-state index in [0.717, 1.165) is 5.56 Å². The molecule has 106 valence electrons. The molecule has 0 spiro atoms. The highest BCUT2D eigenvalue weighted by Crippen LogP contribution is 1.95. The minimum Gasteiger partial charge on any atom is -1.00 e. The molecule has 0 aliphatic heterocycles. The van der Waals surface area contributed by atoms with Crippen molar-refractivity contribution in [1.82, 2.24) is 10.3 Å². The Bertz CT molecular complexity index is 529. The number of amides is 1. The Kier molecular flexibility index (Phi) is 6.87. The summed E-state index contributed by atoms with van der Waals surface area (Å²) in [5, 5.41) is 2.89. The lowest BCUT2D eigenvalue weighted by atomic mass is 10.3. The van der Waals surface area contributed by atoms with E-state index in [1.165, 1.54) is 5.56 Å². The summed E-state index contributed by atoms with van der Waals surface area (Å²) in [6.07, 6.45) is 7.94. The normalized spacial score (nSPS) is 9.65. The molecule has 1 amide bonds. The van der Waals surface area contributed by atoms with E-state index in [-0.39, 0.29) is 22.9 Å². The molecule has 2 heterocycles. The minimum absolute atomic E-state index is 0. The summed E-state index contributed by atoms with van der Waals surface area (Å²) in [6, 6.07) is 7.88. The number of aryl methyl sites for hydroxylation is 2. The standard InChI is InChI=1S/C15H17N3O.BrH/c1-13-4-8-18(9-5-13)10-6-15(19)17-12-14-3-2-7-16-11-14;/h2-5,7-9,11H,6,10,12H2,1H3;1H. The van der Waals surface area contributed by atoms with E-state index in [0.29, 0.717) is 19.5 Å². The van der Waals surface area contributed by atoms with Gasteiger partial charge < -0.3 is 22.3 Å². The lowest BCUT2D eigenvalue weighted by Crippen LogP contribution is -3.00. The summed E-state index contributed by atoms with van der Waals surface area (Å²) >= 11 is 0. The SMILES string of the molecule is Cc1cc[n+](CCC(=O)NCc2cccnc2)cc1.[Br-]. The van der Waals surface area contributed by atoms with E-state index in [1.54, 1.807) is 12.4 Å². The predicted molar refractivity (Wildman–Crippen MR) is 72.1 cm³/mol. The van der Waals surface area contributed by atoms with E-state index >= 15 is 0 Å². The van der Waals surface area contributed by atoms with Crippen LogP contribution in [0.1, 0.15) is 17.5 Å². The molecule has 2 aromatic rings. The van der Waals surface area contributed by atoms with E-state index in [4.69, 9.17) is 0 Å². The zero-order valence-electron chi connectivity index (χ0n) is 11.4. The second kappa shape index (κ2) is 8.43. The van der Waals surface area contributed by atoms with Gasteiger partial charge in [-0.1, -0.05) is 6.07 Å². The van der Waals surface area contributed by atoms with Gasteiger partial charge in [-0.15, -0.1) is 0 Å². The van der Waals surface area contributed by atoms with Crippen molar-refractivity contribution in [2.45, 2.75) is 26.4 Å². The van der Waals surface area contributed by atoms with Gasteiger partial charge in [0.2, 0.25) is 5.91 Å². The molecule has 5 heteroatoms. The van der Waals surface area contributed by atoms with Crippen LogP contribution in [0, 0.1) is 6.92 Å². The predicted octanol–water partition coefficient (Wildman–Crippen LogP) is -1.61. The number of hydrogen-bond donors (Lipinski definition) is 1. The molecule has 0 unspecified atom stereocenters. The molecule has 0 radical (unpaired) electrons. The van der Waals surface area contributed by atoms with Crippen LogP contribution in [0.2, 0.25) is 0 Å². The molecule has 4 nitrogen and oxygen atoms in total. The maximum atomic E-state index is 11.7. The van der Waals surface area contributed by atoms with Gasteiger partial charge in [0.05, 0.1) is 6.42 Å². The summed E-state index contributed by atoms with van der Waals surface area (Å²) in [5.41, 5.74) is 2.23. The van der Waals surface area contributed by atoms with E-state index in [2.05, 4.69) is 10.3 Å². The van der Waals surface area contributed by atoms with E-state index in [9.17, 15) is 4.79 Å². The zero-order valence-corrected chi connectivity index (χ0v) is 13.0. The van der Waals surface area contributed by atoms with Crippen LogP contribution in [-0.4, -0.2) is 10.9 Å². The third-order valence-electron chi connectivity index (χ3n) is 2.87. The van der Waals surface area contributed by atoms with Crippen LogP contribution in [0.15, 0.2) is 49.1 Å². The lowest BCUT2D eigenvalue weighted by Gasteiger charge is -2.03. The topological polar surface area (TPSA) is 45.9 Å². The smallest absolute Gasteiger partial charge is 0.226 e. The number of carbonyl (C=O) groups is 1. The molecule has 0 atom stereocenters. The largest absolute Gasteiger partial charge is 1.00 e. The number of pyridine rings is 2. The number of halogens is 1. The summed E-state index contributed by atoms with van der Waals surface area (Å²) < 4.78 is 2.01. The molecular formula is C15H18BrN3O. The molecule has 0 saturated carbocycles. The molecule has 0 aliphatic rings. The number of nitrogens with one attached hydrogen (secondary N) is 1. The Hall–Kier alpha value is -1.75. The number of hydrogen-bond acceptors (Lipinski definition) is 2. The van der Waals surface area contributed by atoms with Gasteiger partial charge in [0.15, 0.2) is 18.9 Å². The van der Waals surface area contributed by atoms with Gasteiger partial charge in [-0.2, -0.15) is 0 Å². The highest BCUT2D eigenvalue weighted by Gasteiger charge is 2.06. The number of rotatable bonds is 5. The van der Waals surface area contributed by atoms with Gasteiger partial charge in [-0.05, 0) is 24.1 Å². The molecular weight excluding hydrogens is 318 g/mol. The van der Waals surface area contributed by atoms with Crippen LogP contribution in [0.25, 0.3) is 0 Å². The van der Waals surface area contributed by atoms with Gasteiger partial charge in [0.25, 0.3) is 0 Å². The number of aromatic nitrogens is 2. The van der Waals surface area contributed by atoms with Gasteiger partial charge in [-0.3, -0.25) is 9.78 Å². The van der Waals surface area contributed by atoms with Gasteiger partial charge in [-0.25, -0.2) is 4.57 Å². The molecule has 2 rings (SSSR count). The summed E-state index contributed by atoms with van der Waals surface area (Å²) in [6.45, 7) is 3.27. The first-order valence-corrected chi connectivity index (χ1v) is 6.35. The van der Waals surface area contributed by atoms with E-state index < -0.39 is 0 Å². The van der Waals surface area contributed by atoms with Crippen molar-refractivity contribution in [3.05, 3.63) is 60.2 Å². The van der Waals surface area contributed by atoms with Gasteiger partial charge in [0.1, 0.15) is 0 Å². The molecule has 0 fully saturated rings. The van der Waals surface area contributed by atoms with Crippen molar-refractivity contribution in [1.29, 1.82) is 0 Å². The van der Waals surface area contributed by atoms with Crippen LogP contribution >= 0.6 is 0 Å². The average molecular weight is 336 g/mol. The van der Waals surface area contributed by atoms with Crippen molar-refractivity contribution in [2.24, 2.45) is 0 Å². The summed E-state index contributed by atoms with van der Waals surface area (Å²) in [4.78, 5) is 15.7. The van der Waals surface area contributed by atoms with Crippen molar-refractivity contribution >= 4 is 5.91 Å². The highest BCUT2D eigenvalue weighted by atomic mass is 79.9. The Labute approximate surface area is 129 Å². The summed E-state index contributed by atoms with van der Waals surface area (Å²) in [7, 11) is 0. The minimum atomic E-state index is 0. The molecule has 1 N–H and O–H groups in total. The number of nitrogens with zero attached hydrogens (tertiary/aromatic N) is 2. The summed E-state index contributed by atoms with van der Waals surface area (Å²) in [5.74, 6) is 0.0527. The van der Waals surface area contributed by atoms with Crippen molar-refractivity contribution in [2.75, 3.05) is 0 Å². The third kappa shape index (κ3) is 5.48. The Morgan fingerprint density at radius 3 is 2.70 bits per heavy atom.